The lowest BCUT2D eigenvalue weighted by atomic mass is 10.2. The van der Waals surface area contributed by atoms with Crippen molar-refractivity contribution < 1.29 is 4.79 Å². The highest BCUT2D eigenvalue weighted by atomic mass is 32.1. The van der Waals surface area contributed by atoms with Crippen molar-refractivity contribution >= 4 is 49.6 Å². The highest BCUT2D eigenvalue weighted by Crippen LogP contribution is 2.25. The van der Waals surface area contributed by atoms with Gasteiger partial charge in [-0.15, -0.1) is 0 Å². The first-order valence-corrected chi connectivity index (χ1v) is 6.98. The summed E-state index contributed by atoms with van der Waals surface area (Å²) in [5.74, 6) is -0.123. The predicted octanol–water partition coefficient (Wildman–Crippen LogP) is 3.19. The Hall–Kier alpha value is -1.92. The number of hydrogen-bond donors (Lipinski definition) is 2. The van der Waals surface area contributed by atoms with Gasteiger partial charge in [0.05, 0.1) is 15.9 Å². The quantitative estimate of drug-likeness (QED) is 0.754. The number of thiophene rings is 1. The molecular formula is C12H9N3OS2. The molecule has 3 aromatic rings. The van der Waals surface area contributed by atoms with Gasteiger partial charge in [0.1, 0.15) is 0 Å². The molecule has 0 aliphatic carbocycles. The molecule has 0 unspecified atom stereocenters. The van der Waals surface area contributed by atoms with Crippen molar-refractivity contribution in [2.24, 2.45) is 0 Å². The molecule has 0 fully saturated rings. The second kappa shape index (κ2) is 4.40. The van der Waals surface area contributed by atoms with E-state index < -0.39 is 0 Å². The fraction of sp³-hybridized carbons (Fsp3) is 0. The molecule has 0 radical (unpaired) electrons. The van der Waals surface area contributed by atoms with Crippen LogP contribution in [0.4, 0.5) is 10.8 Å². The van der Waals surface area contributed by atoms with E-state index in [0.717, 1.165) is 15.9 Å². The van der Waals surface area contributed by atoms with Crippen LogP contribution in [-0.2, 0) is 0 Å². The van der Waals surface area contributed by atoms with Gasteiger partial charge in [-0.05, 0) is 29.6 Å². The summed E-state index contributed by atoms with van der Waals surface area (Å²) in [5.41, 5.74) is 7.88. The normalized spacial score (nSPS) is 10.7. The van der Waals surface area contributed by atoms with Gasteiger partial charge in [0.15, 0.2) is 5.13 Å². The minimum atomic E-state index is -0.123. The van der Waals surface area contributed by atoms with E-state index in [4.69, 9.17) is 5.73 Å². The van der Waals surface area contributed by atoms with Gasteiger partial charge in [-0.3, -0.25) is 4.79 Å². The van der Waals surface area contributed by atoms with E-state index >= 15 is 0 Å². The van der Waals surface area contributed by atoms with Gasteiger partial charge in [-0.1, -0.05) is 11.3 Å². The summed E-state index contributed by atoms with van der Waals surface area (Å²) in [7, 11) is 0. The van der Waals surface area contributed by atoms with Gasteiger partial charge in [0.25, 0.3) is 5.91 Å². The zero-order chi connectivity index (χ0) is 12.5. The first-order valence-electron chi connectivity index (χ1n) is 5.22. The third-order valence-electron chi connectivity index (χ3n) is 2.45. The van der Waals surface area contributed by atoms with Gasteiger partial charge in [-0.2, -0.15) is 11.3 Å². The number of thiazole rings is 1. The summed E-state index contributed by atoms with van der Waals surface area (Å²) in [5, 5.41) is 7.16. The van der Waals surface area contributed by atoms with Crippen molar-refractivity contribution in [1.82, 2.24) is 4.98 Å². The lowest BCUT2D eigenvalue weighted by Gasteiger charge is -2.02. The molecule has 1 amide bonds. The Bertz CT molecular complexity index is 703. The molecule has 2 aromatic heterocycles. The number of nitrogens with one attached hydrogen (secondary N) is 1. The second-order valence-electron chi connectivity index (χ2n) is 3.70. The number of benzene rings is 1. The smallest absolute Gasteiger partial charge is 0.255 e. The summed E-state index contributed by atoms with van der Waals surface area (Å²) < 4.78 is 0.922. The van der Waals surface area contributed by atoms with Crippen LogP contribution in [0, 0.1) is 0 Å². The van der Waals surface area contributed by atoms with Crippen molar-refractivity contribution in [1.29, 1.82) is 0 Å². The largest absolute Gasteiger partial charge is 0.375 e. The number of carbonyl (C=O) groups excluding carboxylic acids is 1. The van der Waals surface area contributed by atoms with Crippen LogP contribution in [0.3, 0.4) is 0 Å². The number of hydrogen-bond acceptors (Lipinski definition) is 5. The van der Waals surface area contributed by atoms with Crippen molar-refractivity contribution in [2.45, 2.75) is 0 Å². The number of rotatable bonds is 2. The highest BCUT2D eigenvalue weighted by Gasteiger charge is 2.09. The van der Waals surface area contributed by atoms with Crippen molar-refractivity contribution in [3.8, 4) is 0 Å². The van der Waals surface area contributed by atoms with Gasteiger partial charge in [0.2, 0.25) is 0 Å². The monoisotopic (exact) mass is 275 g/mol. The van der Waals surface area contributed by atoms with Crippen LogP contribution in [-0.4, -0.2) is 10.9 Å². The van der Waals surface area contributed by atoms with Crippen LogP contribution in [0.1, 0.15) is 10.4 Å². The number of amides is 1. The Morgan fingerprint density at radius 1 is 1.33 bits per heavy atom. The first kappa shape index (κ1) is 11.2. The second-order valence-corrected chi connectivity index (χ2v) is 5.54. The zero-order valence-electron chi connectivity index (χ0n) is 9.21. The summed E-state index contributed by atoms with van der Waals surface area (Å²) in [6, 6.07) is 7.24. The third kappa shape index (κ3) is 2.07. The zero-order valence-corrected chi connectivity index (χ0v) is 10.8. The maximum absolute atomic E-state index is 12.0. The minimum absolute atomic E-state index is 0.123. The lowest BCUT2D eigenvalue weighted by Crippen LogP contribution is -2.10. The summed E-state index contributed by atoms with van der Waals surface area (Å²) in [6.45, 7) is 0. The van der Waals surface area contributed by atoms with Crippen LogP contribution < -0.4 is 11.1 Å². The summed E-state index contributed by atoms with van der Waals surface area (Å²) in [6.07, 6.45) is 0. The van der Waals surface area contributed by atoms with Gasteiger partial charge in [0, 0.05) is 10.9 Å². The molecule has 18 heavy (non-hydrogen) atoms. The molecule has 0 spiro atoms. The molecule has 2 heterocycles. The Morgan fingerprint density at radius 3 is 3.00 bits per heavy atom. The standard InChI is InChI=1S/C12H9N3OS2/c13-12-15-9-2-1-7(5-10(9)18-12)11(16)14-8-3-4-17-6-8/h1-6H,(H2,13,15)(H,14,16). The van der Waals surface area contributed by atoms with Crippen LogP contribution in [0.15, 0.2) is 35.0 Å². The van der Waals surface area contributed by atoms with E-state index in [1.54, 1.807) is 17.4 Å². The summed E-state index contributed by atoms with van der Waals surface area (Å²) in [4.78, 5) is 16.2. The van der Waals surface area contributed by atoms with E-state index in [2.05, 4.69) is 10.3 Å². The molecule has 3 rings (SSSR count). The molecule has 0 saturated heterocycles. The number of nitrogens with two attached hydrogens (primary N) is 1. The molecule has 6 heteroatoms. The fourth-order valence-corrected chi connectivity index (χ4v) is 2.98. The number of carbonyl (C=O) groups is 1. The van der Waals surface area contributed by atoms with E-state index in [1.807, 2.05) is 29.0 Å². The molecule has 0 saturated carbocycles. The third-order valence-corrected chi connectivity index (χ3v) is 3.98. The predicted molar refractivity (Wildman–Crippen MR) is 76.3 cm³/mol. The minimum Gasteiger partial charge on any atom is -0.375 e. The van der Waals surface area contributed by atoms with Crippen LogP contribution in [0.5, 0.6) is 0 Å². The van der Waals surface area contributed by atoms with Crippen molar-refractivity contribution in [2.75, 3.05) is 11.1 Å². The molecule has 0 aliphatic rings. The first-order chi connectivity index (χ1) is 8.72. The fourth-order valence-electron chi connectivity index (χ4n) is 1.62. The van der Waals surface area contributed by atoms with E-state index in [0.29, 0.717) is 10.7 Å². The lowest BCUT2D eigenvalue weighted by molar-refractivity contribution is 0.102. The van der Waals surface area contributed by atoms with Gasteiger partial charge < -0.3 is 11.1 Å². The highest BCUT2D eigenvalue weighted by molar-refractivity contribution is 7.22. The van der Waals surface area contributed by atoms with E-state index in [9.17, 15) is 4.79 Å². The molecule has 1 aromatic carbocycles. The van der Waals surface area contributed by atoms with E-state index in [-0.39, 0.29) is 5.91 Å². The number of nitrogen functional groups attached to an aromatic ring is 1. The van der Waals surface area contributed by atoms with Crippen molar-refractivity contribution in [3.63, 3.8) is 0 Å². The molecule has 3 N–H and O–H groups in total. The van der Waals surface area contributed by atoms with Gasteiger partial charge >= 0.3 is 0 Å². The number of aromatic nitrogens is 1. The Labute approximate surface area is 111 Å². The van der Waals surface area contributed by atoms with Crippen molar-refractivity contribution in [3.05, 3.63) is 40.6 Å². The topological polar surface area (TPSA) is 68.0 Å². The maximum Gasteiger partial charge on any atom is 0.255 e. The molecule has 90 valence electrons. The molecule has 0 aliphatic heterocycles. The molecule has 4 nitrogen and oxygen atoms in total. The number of nitrogens with zero attached hydrogens (tertiary/aromatic N) is 1. The molecule has 0 atom stereocenters. The van der Waals surface area contributed by atoms with E-state index in [1.165, 1.54) is 11.3 Å². The van der Waals surface area contributed by atoms with Gasteiger partial charge in [-0.25, -0.2) is 4.98 Å². The van der Waals surface area contributed by atoms with Crippen LogP contribution in [0.25, 0.3) is 10.2 Å². The SMILES string of the molecule is Nc1nc2ccc(C(=O)Nc3ccsc3)cc2s1. The maximum atomic E-state index is 12.0. The van der Waals surface area contributed by atoms with Crippen LogP contribution in [0.2, 0.25) is 0 Å². The Balaban J connectivity index is 1.91. The number of anilines is 2. The molecular weight excluding hydrogens is 266 g/mol. The Morgan fingerprint density at radius 2 is 2.22 bits per heavy atom. The average Bonchev–Trinajstić information content (AvgIpc) is 2.95. The molecule has 0 bridgehead atoms. The summed E-state index contributed by atoms with van der Waals surface area (Å²) >= 11 is 2.92. The van der Waals surface area contributed by atoms with Crippen LogP contribution >= 0.6 is 22.7 Å². The Kier molecular flexibility index (Phi) is 2.73. The average molecular weight is 275 g/mol. The number of fused-ring (bicyclic) bond motifs is 1.